The first-order valence-electron chi connectivity index (χ1n) is 15.5. The molecule has 7 heteroatoms. The number of hydrogen-bond acceptors (Lipinski definition) is 5. The summed E-state index contributed by atoms with van der Waals surface area (Å²) in [6, 6.07) is 27.2. The molecule has 45 heavy (non-hydrogen) atoms. The minimum absolute atomic E-state index is 0.0793. The standard InChI is InChI=1S/C38H32N2O5/c1-20-9-8-14-30(22(20)3)39-19-23(18-31(39)41)38(44)45-24-15-16-29(21(2)17-24)40-36(42)34-32-25-10-4-5-11-26(25)33(35(34)37(40)43)28-13-7-6-12-27(28)32/h4-17,23,32-35H,18-19H2,1-3H3/t23-,32?,33?,34+,35+/m1/s1. The predicted molar refractivity (Wildman–Crippen MR) is 169 cm³/mol. The number of imide groups is 1. The van der Waals surface area contributed by atoms with Gasteiger partial charge in [0.05, 0.1) is 23.4 Å². The second-order valence-electron chi connectivity index (χ2n) is 12.8. The Balaban J connectivity index is 1.04. The van der Waals surface area contributed by atoms with Gasteiger partial charge in [-0.05, 0) is 84.0 Å². The molecule has 7 nitrogen and oxygen atoms in total. The Bertz CT molecular complexity index is 1850. The van der Waals surface area contributed by atoms with Crippen LogP contribution in [0.2, 0.25) is 0 Å². The van der Waals surface area contributed by atoms with Crippen LogP contribution < -0.4 is 14.5 Å². The molecule has 9 rings (SSSR count). The van der Waals surface area contributed by atoms with E-state index in [2.05, 4.69) is 24.3 Å². The zero-order valence-corrected chi connectivity index (χ0v) is 25.3. The van der Waals surface area contributed by atoms with Crippen molar-refractivity contribution < 1.29 is 23.9 Å². The highest BCUT2D eigenvalue weighted by Gasteiger charge is 2.61. The van der Waals surface area contributed by atoms with E-state index in [-0.39, 0.29) is 42.5 Å². The van der Waals surface area contributed by atoms with Crippen molar-refractivity contribution in [3.8, 4) is 5.75 Å². The molecule has 2 bridgehead atoms. The SMILES string of the molecule is Cc1cc(OC(=O)[C@@H]2CC(=O)N(c3cccc(C)c3C)C2)ccc1N1C(=O)[C@H]2C3c4ccccc4C(c4ccccc43)[C@@H]2C1=O. The number of nitrogens with zero attached hydrogens (tertiary/aromatic N) is 2. The van der Waals surface area contributed by atoms with Gasteiger partial charge >= 0.3 is 5.97 Å². The van der Waals surface area contributed by atoms with Crippen molar-refractivity contribution in [3.05, 3.63) is 124 Å². The first-order chi connectivity index (χ1) is 21.7. The van der Waals surface area contributed by atoms with Gasteiger partial charge in [0.2, 0.25) is 17.7 Å². The van der Waals surface area contributed by atoms with Crippen LogP contribution in [0.5, 0.6) is 5.75 Å². The number of carbonyl (C=O) groups is 4. The van der Waals surface area contributed by atoms with Gasteiger partial charge < -0.3 is 9.64 Å². The van der Waals surface area contributed by atoms with Crippen molar-refractivity contribution in [1.82, 2.24) is 0 Å². The van der Waals surface area contributed by atoms with Gasteiger partial charge in [0.1, 0.15) is 5.75 Å². The summed E-state index contributed by atoms with van der Waals surface area (Å²) in [6.45, 7) is 6.04. The van der Waals surface area contributed by atoms with Gasteiger partial charge in [-0.3, -0.25) is 19.2 Å². The summed E-state index contributed by atoms with van der Waals surface area (Å²) < 4.78 is 5.75. The molecule has 0 saturated carbocycles. The van der Waals surface area contributed by atoms with Crippen LogP contribution >= 0.6 is 0 Å². The Morgan fingerprint density at radius 2 is 1.27 bits per heavy atom. The first-order valence-corrected chi connectivity index (χ1v) is 15.5. The molecule has 0 radical (unpaired) electrons. The lowest BCUT2D eigenvalue weighted by molar-refractivity contribution is -0.139. The van der Waals surface area contributed by atoms with E-state index in [4.69, 9.17) is 4.74 Å². The summed E-state index contributed by atoms with van der Waals surface area (Å²) >= 11 is 0. The molecule has 2 heterocycles. The van der Waals surface area contributed by atoms with E-state index in [1.807, 2.05) is 63.2 Å². The van der Waals surface area contributed by atoms with Gasteiger partial charge in [-0.25, -0.2) is 4.90 Å². The van der Waals surface area contributed by atoms with Crippen molar-refractivity contribution >= 4 is 35.1 Å². The molecule has 4 aromatic carbocycles. The topological polar surface area (TPSA) is 84.0 Å². The van der Waals surface area contributed by atoms with E-state index in [1.54, 1.807) is 23.1 Å². The summed E-state index contributed by atoms with van der Waals surface area (Å²) in [5.41, 5.74) is 8.59. The molecule has 3 atom stereocenters. The second kappa shape index (κ2) is 9.99. The lowest BCUT2D eigenvalue weighted by Gasteiger charge is -2.45. The number of amides is 3. The van der Waals surface area contributed by atoms with Crippen molar-refractivity contribution in [3.63, 3.8) is 0 Å². The molecule has 224 valence electrons. The zero-order chi connectivity index (χ0) is 31.1. The van der Waals surface area contributed by atoms with E-state index in [1.165, 1.54) is 4.90 Å². The second-order valence-corrected chi connectivity index (χ2v) is 12.8. The maximum absolute atomic E-state index is 14.2. The third-order valence-corrected chi connectivity index (χ3v) is 10.4. The number of esters is 1. The molecule has 3 amide bonds. The molecule has 2 saturated heterocycles. The van der Waals surface area contributed by atoms with E-state index >= 15 is 0 Å². The van der Waals surface area contributed by atoms with E-state index in [0.717, 1.165) is 39.1 Å². The van der Waals surface area contributed by atoms with Crippen molar-refractivity contribution in [2.24, 2.45) is 17.8 Å². The molecule has 0 N–H and O–H groups in total. The van der Waals surface area contributed by atoms with Crippen LogP contribution in [0.15, 0.2) is 84.9 Å². The van der Waals surface area contributed by atoms with Crippen LogP contribution in [0.25, 0.3) is 0 Å². The lowest BCUT2D eigenvalue weighted by Crippen LogP contribution is -2.41. The number of carbonyl (C=O) groups excluding carboxylic acids is 4. The highest BCUT2D eigenvalue weighted by Crippen LogP contribution is 2.61. The fourth-order valence-corrected chi connectivity index (χ4v) is 8.18. The molecule has 0 unspecified atom stereocenters. The summed E-state index contributed by atoms with van der Waals surface area (Å²) in [6.07, 6.45) is 0.0793. The number of anilines is 2. The largest absolute Gasteiger partial charge is 0.426 e. The summed E-state index contributed by atoms with van der Waals surface area (Å²) in [5, 5.41) is 0. The van der Waals surface area contributed by atoms with Crippen LogP contribution in [0, 0.1) is 38.5 Å². The molecule has 0 aromatic heterocycles. The van der Waals surface area contributed by atoms with Gasteiger partial charge in [-0.15, -0.1) is 0 Å². The summed E-state index contributed by atoms with van der Waals surface area (Å²) in [5.74, 6) is -2.53. The van der Waals surface area contributed by atoms with Gasteiger partial charge in [0.25, 0.3) is 0 Å². The summed E-state index contributed by atoms with van der Waals surface area (Å²) in [7, 11) is 0. The third kappa shape index (κ3) is 3.96. The third-order valence-electron chi connectivity index (χ3n) is 10.4. The highest BCUT2D eigenvalue weighted by atomic mass is 16.5. The van der Waals surface area contributed by atoms with Crippen LogP contribution in [-0.2, 0) is 19.2 Å². The molecule has 2 fully saturated rings. The van der Waals surface area contributed by atoms with Gasteiger partial charge in [-0.2, -0.15) is 0 Å². The van der Waals surface area contributed by atoms with Crippen LogP contribution in [0.1, 0.15) is 57.2 Å². The average molecular weight is 597 g/mol. The smallest absolute Gasteiger partial charge is 0.316 e. The van der Waals surface area contributed by atoms with Crippen LogP contribution in [0.3, 0.4) is 0 Å². The average Bonchev–Trinajstić information content (AvgIpc) is 3.55. The number of hydrogen-bond donors (Lipinski definition) is 0. The Morgan fingerprint density at radius 1 is 0.689 bits per heavy atom. The Hall–Kier alpha value is -5.04. The van der Waals surface area contributed by atoms with Crippen molar-refractivity contribution in [2.45, 2.75) is 39.0 Å². The zero-order valence-electron chi connectivity index (χ0n) is 25.3. The van der Waals surface area contributed by atoms with Crippen molar-refractivity contribution in [1.29, 1.82) is 0 Å². The predicted octanol–water partition coefficient (Wildman–Crippen LogP) is 5.97. The highest BCUT2D eigenvalue weighted by molar-refractivity contribution is 6.23. The van der Waals surface area contributed by atoms with E-state index in [0.29, 0.717) is 17.0 Å². The van der Waals surface area contributed by atoms with Gasteiger partial charge in [-0.1, -0.05) is 60.7 Å². The number of rotatable bonds is 4. The number of ether oxygens (including phenoxy) is 1. The Labute approximate surface area is 261 Å². The molecule has 0 spiro atoms. The quantitative estimate of drug-likeness (QED) is 0.165. The maximum atomic E-state index is 14.2. The summed E-state index contributed by atoms with van der Waals surface area (Å²) in [4.78, 5) is 57.4. The molecule has 5 aliphatic rings. The van der Waals surface area contributed by atoms with Gasteiger partial charge in [0, 0.05) is 30.5 Å². The van der Waals surface area contributed by atoms with Crippen molar-refractivity contribution in [2.75, 3.05) is 16.3 Å². The molecular formula is C38H32N2O5. The fraction of sp³-hybridized carbons (Fsp3) is 0.263. The maximum Gasteiger partial charge on any atom is 0.316 e. The monoisotopic (exact) mass is 596 g/mol. The molecule has 3 aliphatic carbocycles. The first kappa shape index (κ1) is 27.5. The molecule has 2 aliphatic heterocycles. The Morgan fingerprint density at radius 3 is 1.82 bits per heavy atom. The number of benzene rings is 4. The fourth-order valence-electron chi connectivity index (χ4n) is 8.18. The lowest BCUT2D eigenvalue weighted by atomic mass is 9.55. The molecule has 4 aromatic rings. The molecular weight excluding hydrogens is 564 g/mol. The Kier molecular flexibility index (Phi) is 6.11. The number of aryl methyl sites for hydroxylation is 2. The van der Waals surface area contributed by atoms with E-state index in [9.17, 15) is 19.2 Å². The van der Waals surface area contributed by atoms with Crippen LogP contribution in [0.4, 0.5) is 11.4 Å². The minimum atomic E-state index is -0.596. The normalized spacial score (nSPS) is 24.5. The van der Waals surface area contributed by atoms with Crippen LogP contribution in [-0.4, -0.2) is 30.2 Å². The minimum Gasteiger partial charge on any atom is -0.426 e. The van der Waals surface area contributed by atoms with E-state index < -0.39 is 23.7 Å². The van der Waals surface area contributed by atoms with Gasteiger partial charge in [0.15, 0.2) is 0 Å².